The molecule has 6 nitrogen and oxygen atoms in total. The van der Waals surface area contributed by atoms with Gasteiger partial charge in [0.25, 0.3) is 0 Å². The van der Waals surface area contributed by atoms with Gasteiger partial charge in [-0.15, -0.1) is 24.0 Å². The molecule has 0 atom stereocenters. The second-order valence-electron chi connectivity index (χ2n) is 5.61. The molecule has 2 heterocycles. The van der Waals surface area contributed by atoms with Crippen LogP contribution in [0, 0.1) is 5.82 Å². The average molecular weight is 459 g/mol. The summed E-state index contributed by atoms with van der Waals surface area (Å²) < 4.78 is 17.9. The van der Waals surface area contributed by atoms with Crippen LogP contribution in [0.25, 0.3) is 0 Å². The van der Waals surface area contributed by atoms with Crippen LogP contribution in [0.3, 0.4) is 0 Å². The molecule has 2 aromatic rings. The predicted molar refractivity (Wildman–Crippen MR) is 107 cm³/mol. The van der Waals surface area contributed by atoms with E-state index in [9.17, 15) is 4.39 Å². The van der Waals surface area contributed by atoms with Gasteiger partial charge in [-0.1, -0.05) is 5.16 Å². The summed E-state index contributed by atoms with van der Waals surface area (Å²) in [6.45, 7) is 6.84. The van der Waals surface area contributed by atoms with Gasteiger partial charge in [-0.05, 0) is 31.2 Å². The standard InChI is InChI=1S/C17H22FN5O.HI/c1-2-19-17(20-13-15-7-12-24-21-15)23-10-8-22(9-11-23)16-5-3-14(18)4-6-16;/h3-7,12H,2,8-11,13H2,1H3,(H,19,20);1H. The molecule has 1 aliphatic rings. The molecule has 1 aromatic carbocycles. The predicted octanol–water partition coefficient (Wildman–Crippen LogP) is 2.72. The maximum absolute atomic E-state index is 13.0. The van der Waals surface area contributed by atoms with Gasteiger partial charge in [-0.3, -0.25) is 0 Å². The van der Waals surface area contributed by atoms with Crippen molar-refractivity contribution in [2.45, 2.75) is 13.5 Å². The van der Waals surface area contributed by atoms with E-state index in [1.807, 2.05) is 18.2 Å². The second-order valence-corrected chi connectivity index (χ2v) is 5.61. The molecule has 8 heteroatoms. The lowest BCUT2D eigenvalue weighted by molar-refractivity contribution is 0.372. The van der Waals surface area contributed by atoms with Gasteiger partial charge in [-0.25, -0.2) is 9.38 Å². The fraction of sp³-hybridized carbons (Fsp3) is 0.412. The second kappa shape index (κ2) is 9.59. The van der Waals surface area contributed by atoms with Crippen molar-refractivity contribution in [2.75, 3.05) is 37.6 Å². The first-order valence-electron chi connectivity index (χ1n) is 8.19. The molecule has 0 saturated carbocycles. The minimum absolute atomic E-state index is 0. The number of aromatic nitrogens is 1. The van der Waals surface area contributed by atoms with Crippen LogP contribution in [-0.4, -0.2) is 48.7 Å². The number of piperazine rings is 1. The number of halogens is 2. The van der Waals surface area contributed by atoms with Crippen LogP contribution < -0.4 is 10.2 Å². The molecule has 0 amide bonds. The number of benzene rings is 1. The Labute approximate surface area is 164 Å². The van der Waals surface area contributed by atoms with Crippen LogP contribution >= 0.6 is 24.0 Å². The van der Waals surface area contributed by atoms with Crippen LogP contribution in [0.4, 0.5) is 10.1 Å². The maximum atomic E-state index is 13.0. The zero-order valence-corrected chi connectivity index (χ0v) is 16.5. The number of anilines is 1. The highest BCUT2D eigenvalue weighted by Crippen LogP contribution is 2.17. The van der Waals surface area contributed by atoms with Gasteiger partial charge in [0.15, 0.2) is 5.96 Å². The van der Waals surface area contributed by atoms with Gasteiger partial charge in [0.1, 0.15) is 17.8 Å². The van der Waals surface area contributed by atoms with E-state index in [2.05, 4.69) is 32.2 Å². The van der Waals surface area contributed by atoms with E-state index in [0.29, 0.717) is 6.54 Å². The first-order valence-corrected chi connectivity index (χ1v) is 8.19. The molecule has 3 rings (SSSR count). The SMILES string of the molecule is CCNC(=NCc1ccon1)N1CCN(c2ccc(F)cc2)CC1.I. The normalized spacial score (nSPS) is 15.0. The molecule has 0 unspecified atom stereocenters. The summed E-state index contributed by atoms with van der Waals surface area (Å²) in [7, 11) is 0. The van der Waals surface area contributed by atoms with E-state index in [1.54, 1.807) is 6.26 Å². The zero-order chi connectivity index (χ0) is 16.8. The Morgan fingerprint density at radius 2 is 1.92 bits per heavy atom. The summed E-state index contributed by atoms with van der Waals surface area (Å²) in [6.07, 6.45) is 1.55. The molecule has 1 fully saturated rings. The molecule has 1 saturated heterocycles. The number of rotatable bonds is 4. The highest BCUT2D eigenvalue weighted by Gasteiger charge is 2.19. The Morgan fingerprint density at radius 3 is 2.52 bits per heavy atom. The molecule has 0 bridgehead atoms. The summed E-state index contributed by atoms with van der Waals surface area (Å²) in [5, 5.41) is 7.21. The van der Waals surface area contributed by atoms with Crippen LogP contribution in [0.2, 0.25) is 0 Å². The Morgan fingerprint density at radius 1 is 1.20 bits per heavy atom. The number of aliphatic imine (C=N–C) groups is 1. The van der Waals surface area contributed by atoms with Crippen molar-refractivity contribution in [1.29, 1.82) is 0 Å². The van der Waals surface area contributed by atoms with Crippen molar-refractivity contribution >= 4 is 35.6 Å². The summed E-state index contributed by atoms with van der Waals surface area (Å²) in [5.74, 6) is 0.686. The minimum Gasteiger partial charge on any atom is -0.368 e. The topological polar surface area (TPSA) is 56.9 Å². The van der Waals surface area contributed by atoms with Crippen molar-refractivity contribution in [1.82, 2.24) is 15.4 Å². The van der Waals surface area contributed by atoms with Crippen molar-refractivity contribution in [3.8, 4) is 0 Å². The van der Waals surface area contributed by atoms with E-state index in [4.69, 9.17) is 4.52 Å². The van der Waals surface area contributed by atoms with Gasteiger partial charge >= 0.3 is 0 Å². The highest BCUT2D eigenvalue weighted by molar-refractivity contribution is 14.0. The molecule has 1 aromatic heterocycles. The Balaban J connectivity index is 0.00000225. The largest absolute Gasteiger partial charge is 0.368 e. The lowest BCUT2D eigenvalue weighted by Crippen LogP contribution is -2.52. The van der Waals surface area contributed by atoms with Gasteiger partial charge in [0.2, 0.25) is 0 Å². The van der Waals surface area contributed by atoms with Crippen LogP contribution in [0.1, 0.15) is 12.6 Å². The molecule has 0 aliphatic carbocycles. The summed E-state index contributed by atoms with van der Waals surface area (Å²) in [4.78, 5) is 9.13. The third-order valence-corrected chi connectivity index (χ3v) is 3.99. The van der Waals surface area contributed by atoms with Gasteiger partial charge in [0.05, 0.1) is 6.54 Å². The number of nitrogens with one attached hydrogen (secondary N) is 1. The van der Waals surface area contributed by atoms with Crippen molar-refractivity contribution in [3.05, 3.63) is 48.1 Å². The van der Waals surface area contributed by atoms with Crippen LogP contribution in [0.15, 0.2) is 46.1 Å². The quantitative estimate of drug-likeness (QED) is 0.433. The molecular weight excluding hydrogens is 436 g/mol. The zero-order valence-electron chi connectivity index (χ0n) is 14.2. The third kappa shape index (κ3) is 5.32. The van der Waals surface area contributed by atoms with E-state index in [-0.39, 0.29) is 29.8 Å². The molecule has 0 radical (unpaired) electrons. The summed E-state index contributed by atoms with van der Waals surface area (Å²) in [6, 6.07) is 8.49. The Bertz CT molecular complexity index is 654. The average Bonchev–Trinajstić information content (AvgIpc) is 3.13. The molecule has 0 spiro atoms. The number of hydrogen-bond donors (Lipinski definition) is 1. The molecular formula is C17H23FIN5O. The van der Waals surface area contributed by atoms with Crippen LogP contribution in [-0.2, 0) is 6.54 Å². The van der Waals surface area contributed by atoms with E-state index < -0.39 is 0 Å². The first-order chi connectivity index (χ1) is 11.8. The Hall–Kier alpha value is -1.84. The molecule has 25 heavy (non-hydrogen) atoms. The number of hydrogen-bond acceptors (Lipinski definition) is 4. The van der Waals surface area contributed by atoms with Crippen molar-refractivity contribution in [2.24, 2.45) is 4.99 Å². The summed E-state index contributed by atoms with van der Waals surface area (Å²) in [5.41, 5.74) is 1.87. The van der Waals surface area contributed by atoms with E-state index >= 15 is 0 Å². The highest BCUT2D eigenvalue weighted by atomic mass is 127. The summed E-state index contributed by atoms with van der Waals surface area (Å²) >= 11 is 0. The fourth-order valence-corrected chi connectivity index (χ4v) is 2.73. The molecule has 1 N–H and O–H groups in total. The number of nitrogens with zero attached hydrogens (tertiary/aromatic N) is 4. The van der Waals surface area contributed by atoms with E-state index in [1.165, 1.54) is 12.1 Å². The third-order valence-electron chi connectivity index (χ3n) is 3.99. The van der Waals surface area contributed by atoms with Crippen LogP contribution in [0.5, 0.6) is 0 Å². The first kappa shape index (κ1) is 19.5. The lowest BCUT2D eigenvalue weighted by atomic mass is 10.2. The molecule has 1 aliphatic heterocycles. The monoisotopic (exact) mass is 459 g/mol. The van der Waals surface area contributed by atoms with Gasteiger partial charge < -0.3 is 19.6 Å². The lowest BCUT2D eigenvalue weighted by Gasteiger charge is -2.37. The molecule has 136 valence electrons. The van der Waals surface area contributed by atoms with E-state index in [0.717, 1.165) is 50.1 Å². The van der Waals surface area contributed by atoms with Crippen molar-refractivity contribution in [3.63, 3.8) is 0 Å². The van der Waals surface area contributed by atoms with Gasteiger partial charge in [0, 0.05) is 44.5 Å². The number of guanidine groups is 1. The van der Waals surface area contributed by atoms with Gasteiger partial charge in [-0.2, -0.15) is 0 Å². The smallest absolute Gasteiger partial charge is 0.194 e. The maximum Gasteiger partial charge on any atom is 0.194 e. The fourth-order valence-electron chi connectivity index (χ4n) is 2.73. The van der Waals surface area contributed by atoms with Crippen molar-refractivity contribution < 1.29 is 8.91 Å². The Kier molecular flexibility index (Phi) is 7.48. The minimum atomic E-state index is -0.202.